The number of morpholine rings is 1. The largest absolute Gasteiger partial charge is 0.378 e. The number of nitrogens with one attached hydrogen (secondary N) is 2. The molecule has 0 saturated carbocycles. The molecule has 2 N–H and O–H groups in total. The Morgan fingerprint density at radius 1 is 1.03 bits per heavy atom. The first-order valence-corrected chi connectivity index (χ1v) is 11.2. The molecule has 7 nitrogen and oxygen atoms in total. The van der Waals surface area contributed by atoms with Gasteiger partial charge in [-0.05, 0) is 56.3 Å². The number of hydrogen-bond acceptors (Lipinski definition) is 5. The molecule has 0 bridgehead atoms. The molecular weight excluding hydrogens is 458 g/mol. The van der Waals surface area contributed by atoms with Crippen LogP contribution in [0.5, 0.6) is 0 Å². The van der Waals surface area contributed by atoms with Gasteiger partial charge in [0.2, 0.25) is 0 Å². The molecule has 1 saturated heterocycles. The van der Waals surface area contributed by atoms with Crippen LogP contribution in [0.1, 0.15) is 33.5 Å². The van der Waals surface area contributed by atoms with Gasteiger partial charge in [-0.15, -0.1) is 0 Å². The van der Waals surface area contributed by atoms with Crippen molar-refractivity contribution in [2.45, 2.75) is 20.0 Å². The fourth-order valence-electron chi connectivity index (χ4n) is 4.32. The second-order valence-electron chi connectivity index (χ2n) is 7.85. The van der Waals surface area contributed by atoms with E-state index in [0.717, 1.165) is 51.6 Å². The molecule has 0 aliphatic carbocycles. The number of anilines is 2. The summed E-state index contributed by atoms with van der Waals surface area (Å²) in [6.07, 6.45) is -0.335. The molecule has 1 amide bonds. The fourth-order valence-corrected chi connectivity index (χ4v) is 4.58. The highest BCUT2D eigenvalue weighted by atomic mass is 79.9. The van der Waals surface area contributed by atoms with Crippen molar-refractivity contribution in [1.29, 1.82) is 0 Å². The SMILES string of the molecule is Cc1nn(-c2ccc(Br)cc2)c(C)c1C1NC(=O)c2cc(N3CCOCC3)ccc2N1. The molecule has 3 aromatic rings. The molecule has 8 heteroatoms. The number of nitrogens with zero attached hydrogens (tertiary/aromatic N) is 3. The molecule has 2 aromatic carbocycles. The minimum absolute atomic E-state index is 0.0796. The third-order valence-electron chi connectivity index (χ3n) is 5.91. The summed E-state index contributed by atoms with van der Waals surface area (Å²) in [4.78, 5) is 15.3. The van der Waals surface area contributed by atoms with Crippen molar-refractivity contribution in [1.82, 2.24) is 15.1 Å². The van der Waals surface area contributed by atoms with Crippen molar-refractivity contribution in [2.24, 2.45) is 0 Å². The van der Waals surface area contributed by atoms with Gasteiger partial charge in [-0.3, -0.25) is 4.79 Å². The second kappa shape index (κ2) is 8.01. The predicted octanol–water partition coefficient (Wildman–Crippen LogP) is 3.94. The number of ether oxygens (including phenoxy) is 1. The fraction of sp³-hybridized carbons (Fsp3) is 0.304. The van der Waals surface area contributed by atoms with Crippen LogP contribution in [-0.2, 0) is 4.74 Å². The average Bonchev–Trinajstić information content (AvgIpc) is 3.08. The van der Waals surface area contributed by atoms with E-state index in [1.165, 1.54) is 0 Å². The Bertz CT molecular complexity index is 1140. The van der Waals surface area contributed by atoms with E-state index in [-0.39, 0.29) is 12.1 Å². The lowest BCUT2D eigenvalue weighted by Crippen LogP contribution is -2.40. The molecule has 0 radical (unpaired) electrons. The van der Waals surface area contributed by atoms with E-state index in [1.807, 2.05) is 54.9 Å². The molecule has 2 aliphatic rings. The molecule has 1 unspecified atom stereocenters. The third-order valence-corrected chi connectivity index (χ3v) is 6.44. The lowest BCUT2D eigenvalue weighted by Gasteiger charge is -2.32. The van der Waals surface area contributed by atoms with Crippen molar-refractivity contribution < 1.29 is 9.53 Å². The Hall–Kier alpha value is -2.84. The molecule has 5 rings (SSSR count). The molecule has 0 spiro atoms. The first-order valence-electron chi connectivity index (χ1n) is 10.4. The summed E-state index contributed by atoms with van der Waals surface area (Å²) < 4.78 is 8.38. The van der Waals surface area contributed by atoms with E-state index in [4.69, 9.17) is 9.84 Å². The smallest absolute Gasteiger partial charge is 0.255 e. The number of benzene rings is 2. The van der Waals surface area contributed by atoms with Crippen LogP contribution in [0.2, 0.25) is 0 Å². The van der Waals surface area contributed by atoms with Crippen LogP contribution in [0.15, 0.2) is 46.9 Å². The summed E-state index contributed by atoms with van der Waals surface area (Å²) in [7, 11) is 0. The van der Waals surface area contributed by atoms with Crippen LogP contribution >= 0.6 is 15.9 Å². The maximum absolute atomic E-state index is 13.0. The summed E-state index contributed by atoms with van der Waals surface area (Å²) >= 11 is 3.47. The van der Waals surface area contributed by atoms with Crippen molar-refractivity contribution in [3.63, 3.8) is 0 Å². The Morgan fingerprint density at radius 2 is 1.74 bits per heavy atom. The summed E-state index contributed by atoms with van der Waals surface area (Å²) in [5.74, 6) is -0.0796. The van der Waals surface area contributed by atoms with E-state index < -0.39 is 0 Å². The molecule has 1 atom stereocenters. The number of halogens is 1. The van der Waals surface area contributed by atoms with Gasteiger partial charge in [-0.2, -0.15) is 5.10 Å². The second-order valence-corrected chi connectivity index (χ2v) is 8.77. The van der Waals surface area contributed by atoms with Gasteiger partial charge in [0.05, 0.1) is 30.2 Å². The highest BCUT2D eigenvalue weighted by Gasteiger charge is 2.30. The lowest BCUT2D eigenvalue weighted by molar-refractivity contribution is 0.0935. The lowest BCUT2D eigenvalue weighted by atomic mass is 10.0. The van der Waals surface area contributed by atoms with Crippen molar-refractivity contribution >= 4 is 33.2 Å². The van der Waals surface area contributed by atoms with E-state index in [1.54, 1.807) is 0 Å². The third kappa shape index (κ3) is 3.70. The topological polar surface area (TPSA) is 71.4 Å². The highest BCUT2D eigenvalue weighted by Crippen LogP contribution is 2.33. The summed E-state index contributed by atoms with van der Waals surface area (Å²) in [6, 6.07) is 14.0. The summed E-state index contributed by atoms with van der Waals surface area (Å²) in [5, 5.41) is 11.3. The Labute approximate surface area is 189 Å². The maximum atomic E-state index is 13.0. The normalized spacial score (nSPS) is 18.4. The summed E-state index contributed by atoms with van der Waals surface area (Å²) in [5.41, 5.74) is 6.38. The van der Waals surface area contributed by atoms with Gasteiger partial charge in [0.1, 0.15) is 6.17 Å². The summed E-state index contributed by atoms with van der Waals surface area (Å²) in [6.45, 7) is 7.11. The molecule has 3 heterocycles. The van der Waals surface area contributed by atoms with Crippen LogP contribution in [0.3, 0.4) is 0 Å². The van der Waals surface area contributed by atoms with Crippen LogP contribution < -0.4 is 15.5 Å². The molecule has 31 heavy (non-hydrogen) atoms. The van der Waals surface area contributed by atoms with Gasteiger partial charge in [0.15, 0.2) is 0 Å². The number of aromatic nitrogens is 2. The Morgan fingerprint density at radius 3 is 2.48 bits per heavy atom. The standard InChI is InChI=1S/C23H24BrN5O2/c1-14-21(15(2)29(27-14)17-5-3-16(24)4-6-17)22-25-20-8-7-18(13-19(20)23(30)26-22)28-9-11-31-12-10-28/h3-8,13,22,25H,9-12H2,1-2H3,(H,26,30). The van der Waals surface area contributed by atoms with Gasteiger partial charge in [-0.25, -0.2) is 4.68 Å². The number of carbonyl (C=O) groups excluding carboxylic acids is 1. The van der Waals surface area contributed by atoms with Gasteiger partial charge in [0.25, 0.3) is 5.91 Å². The number of aryl methyl sites for hydroxylation is 1. The van der Waals surface area contributed by atoms with Crippen LogP contribution in [0, 0.1) is 13.8 Å². The minimum Gasteiger partial charge on any atom is -0.378 e. The van der Waals surface area contributed by atoms with Crippen molar-refractivity contribution in [3.8, 4) is 5.69 Å². The monoisotopic (exact) mass is 481 g/mol. The van der Waals surface area contributed by atoms with Gasteiger partial charge < -0.3 is 20.3 Å². The maximum Gasteiger partial charge on any atom is 0.255 e. The van der Waals surface area contributed by atoms with E-state index in [2.05, 4.69) is 37.5 Å². The first kappa shape index (κ1) is 20.1. The van der Waals surface area contributed by atoms with Crippen LogP contribution in [-0.4, -0.2) is 42.0 Å². The van der Waals surface area contributed by atoms with E-state index in [9.17, 15) is 4.79 Å². The molecule has 1 fully saturated rings. The van der Waals surface area contributed by atoms with Crippen LogP contribution in [0.4, 0.5) is 11.4 Å². The molecule has 160 valence electrons. The molecular formula is C23H24BrN5O2. The van der Waals surface area contributed by atoms with E-state index >= 15 is 0 Å². The number of rotatable bonds is 3. The molecule has 2 aliphatic heterocycles. The quantitative estimate of drug-likeness (QED) is 0.592. The van der Waals surface area contributed by atoms with Crippen LogP contribution in [0.25, 0.3) is 5.69 Å². The highest BCUT2D eigenvalue weighted by molar-refractivity contribution is 9.10. The van der Waals surface area contributed by atoms with Crippen molar-refractivity contribution in [2.75, 3.05) is 36.5 Å². The average molecular weight is 482 g/mol. The zero-order valence-corrected chi connectivity index (χ0v) is 19.1. The molecule has 1 aromatic heterocycles. The van der Waals surface area contributed by atoms with Gasteiger partial charge in [0, 0.05) is 40.2 Å². The van der Waals surface area contributed by atoms with E-state index in [0.29, 0.717) is 18.8 Å². The minimum atomic E-state index is -0.335. The predicted molar refractivity (Wildman–Crippen MR) is 124 cm³/mol. The Kier molecular flexibility index (Phi) is 5.19. The number of carbonyl (C=O) groups is 1. The number of fused-ring (bicyclic) bond motifs is 1. The van der Waals surface area contributed by atoms with Gasteiger partial charge >= 0.3 is 0 Å². The number of amides is 1. The van der Waals surface area contributed by atoms with Gasteiger partial charge in [-0.1, -0.05) is 15.9 Å². The zero-order chi connectivity index (χ0) is 21.5. The first-order chi connectivity index (χ1) is 15.0. The number of hydrogen-bond donors (Lipinski definition) is 2. The van der Waals surface area contributed by atoms with Crippen molar-refractivity contribution in [3.05, 3.63) is 69.5 Å². The zero-order valence-electron chi connectivity index (χ0n) is 17.5. The Balaban J connectivity index is 1.45.